The Hall–Kier alpha value is -2.20. The third kappa shape index (κ3) is 2.81. The van der Waals surface area contributed by atoms with Gasteiger partial charge in [0.2, 0.25) is 0 Å². The standard InChI is InChI=1S/C17H13BrN2O/c1-11-10-12(7-8-14(11)18)17(21)20-16-6-2-5-15-13(16)4-3-9-19-15/h2-10H,1H3,(H,20,21). The lowest BCUT2D eigenvalue weighted by Gasteiger charge is -2.09. The zero-order valence-corrected chi connectivity index (χ0v) is 13.0. The van der Waals surface area contributed by atoms with Gasteiger partial charge in [0, 0.05) is 21.6 Å². The third-order valence-electron chi connectivity index (χ3n) is 3.31. The molecule has 0 bridgehead atoms. The molecule has 0 atom stereocenters. The smallest absolute Gasteiger partial charge is 0.255 e. The maximum Gasteiger partial charge on any atom is 0.255 e. The van der Waals surface area contributed by atoms with Gasteiger partial charge < -0.3 is 5.32 Å². The van der Waals surface area contributed by atoms with Crippen LogP contribution >= 0.6 is 15.9 Å². The van der Waals surface area contributed by atoms with E-state index in [9.17, 15) is 4.79 Å². The summed E-state index contributed by atoms with van der Waals surface area (Å²) in [5, 5.41) is 3.89. The summed E-state index contributed by atoms with van der Waals surface area (Å²) < 4.78 is 0.994. The minimum absolute atomic E-state index is 0.123. The summed E-state index contributed by atoms with van der Waals surface area (Å²) in [6.45, 7) is 1.96. The molecule has 0 aliphatic heterocycles. The monoisotopic (exact) mass is 340 g/mol. The van der Waals surface area contributed by atoms with Crippen molar-refractivity contribution in [3.63, 3.8) is 0 Å². The number of aromatic nitrogens is 1. The number of aryl methyl sites for hydroxylation is 1. The topological polar surface area (TPSA) is 42.0 Å². The van der Waals surface area contributed by atoms with Crippen LogP contribution in [0.2, 0.25) is 0 Å². The van der Waals surface area contributed by atoms with Gasteiger partial charge in [0.15, 0.2) is 0 Å². The van der Waals surface area contributed by atoms with Crippen molar-refractivity contribution in [2.24, 2.45) is 0 Å². The van der Waals surface area contributed by atoms with Gasteiger partial charge in [-0.1, -0.05) is 22.0 Å². The van der Waals surface area contributed by atoms with E-state index in [0.29, 0.717) is 5.56 Å². The second-order valence-corrected chi connectivity index (χ2v) is 5.65. The van der Waals surface area contributed by atoms with E-state index in [0.717, 1.165) is 26.6 Å². The van der Waals surface area contributed by atoms with E-state index in [4.69, 9.17) is 0 Å². The highest BCUT2D eigenvalue weighted by Crippen LogP contribution is 2.23. The first-order valence-electron chi connectivity index (χ1n) is 6.56. The second kappa shape index (κ2) is 5.66. The minimum atomic E-state index is -0.123. The van der Waals surface area contributed by atoms with Crippen LogP contribution in [0.15, 0.2) is 59.2 Å². The van der Waals surface area contributed by atoms with Crippen LogP contribution in [-0.2, 0) is 0 Å². The molecule has 0 fully saturated rings. The average Bonchev–Trinajstić information content (AvgIpc) is 2.50. The van der Waals surface area contributed by atoms with Gasteiger partial charge >= 0.3 is 0 Å². The fourth-order valence-electron chi connectivity index (χ4n) is 2.19. The minimum Gasteiger partial charge on any atom is -0.321 e. The van der Waals surface area contributed by atoms with Crippen LogP contribution in [0.5, 0.6) is 0 Å². The van der Waals surface area contributed by atoms with Crippen molar-refractivity contribution in [3.8, 4) is 0 Å². The summed E-state index contributed by atoms with van der Waals surface area (Å²) in [5.74, 6) is -0.123. The van der Waals surface area contributed by atoms with Crippen molar-refractivity contribution < 1.29 is 4.79 Å². The number of nitrogens with zero attached hydrogens (tertiary/aromatic N) is 1. The molecule has 104 valence electrons. The van der Waals surface area contributed by atoms with E-state index in [1.807, 2.05) is 49.4 Å². The molecule has 1 N–H and O–H groups in total. The molecule has 0 radical (unpaired) electrons. The summed E-state index contributed by atoms with van der Waals surface area (Å²) in [6.07, 6.45) is 1.74. The summed E-state index contributed by atoms with van der Waals surface area (Å²) in [7, 11) is 0. The number of benzene rings is 2. The summed E-state index contributed by atoms with van der Waals surface area (Å²) >= 11 is 3.44. The van der Waals surface area contributed by atoms with Gasteiger partial charge in [-0.05, 0) is 55.0 Å². The van der Waals surface area contributed by atoms with Gasteiger partial charge in [0.05, 0.1) is 11.2 Å². The van der Waals surface area contributed by atoms with E-state index in [1.165, 1.54) is 0 Å². The highest BCUT2D eigenvalue weighted by atomic mass is 79.9. The highest BCUT2D eigenvalue weighted by Gasteiger charge is 2.09. The molecule has 0 saturated heterocycles. The maximum atomic E-state index is 12.4. The number of nitrogens with one attached hydrogen (secondary N) is 1. The zero-order chi connectivity index (χ0) is 14.8. The van der Waals surface area contributed by atoms with Gasteiger partial charge in [0.25, 0.3) is 5.91 Å². The van der Waals surface area contributed by atoms with Crippen LogP contribution in [0.4, 0.5) is 5.69 Å². The Morgan fingerprint density at radius 3 is 2.81 bits per heavy atom. The first kappa shape index (κ1) is 13.8. The highest BCUT2D eigenvalue weighted by molar-refractivity contribution is 9.10. The van der Waals surface area contributed by atoms with E-state index in [1.54, 1.807) is 12.3 Å². The normalized spacial score (nSPS) is 10.6. The largest absolute Gasteiger partial charge is 0.321 e. The van der Waals surface area contributed by atoms with Gasteiger partial charge in [-0.3, -0.25) is 9.78 Å². The van der Waals surface area contributed by atoms with Crippen LogP contribution in [0.3, 0.4) is 0 Å². The lowest BCUT2D eigenvalue weighted by molar-refractivity contribution is 0.102. The molecule has 3 aromatic rings. The molecule has 4 heteroatoms. The van der Waals surface area contributed by atoms with Crippen molar-refractivity contribution in [3.05, 3.63) is 70.3 Å². The Labute approximate surface area is 131 Å². The molecule has 3 nitrogen and oxygen atoms in total. The Bertz CT molecular complexity index is 825. The predicted molar refractivity (Wildman–Crippen MR) is 88.6 cm³/mol. The second-order valence-electron chi connectivity index (χ2n) is 4.79. The number of carbonyl (C=O) groups is 1. The molecular weight excluding hydrogens is 328 g/mol. The van der Waals surface area contributed by atoms with E-state index >= 15 is 0 Å². The number of fused-ring (bicyclic) bond motifs is 1. The molecule has 1 amide bonds. The molecule has 1 aromatic heterocycles. The number of pyridine rings is 1. The fraction of sp³-hybridized carbons (Fsp3) is 0.0588. The van der Waals surface area contributed by atoms with Crippen molar-refractivity contribution in [1.82, 2.24) is 4.98 Å². The number of halogens is 1. The third-order valence-corrected chi connectivity index (χ3v) is 4.20. The fourth-order valence-corrected chi connectivity index (χ4v) is 2.44. The predicted octanol–water partition coefficient (Wildman–Crippen LogP) is 4.56. The molecular formula is C17H13BrN2O. The molecule has 21 heavy (non-hydrogen) atoms. The Morgan fingerprint density at radius 2 is 2.00 bits per heavy atom. The molecule has 0 unspecified atom stereocenters. The van der Waals surface area contributed by atoms with Crippen molar-refractivity contribution in [2.45, 2.75) is 6.92 Å². The van der Waals surface area contributed by atoms with Crippen LogP contribution in [0.25, 0.3) is 10.9 Å². The Balaban J connectivity index is 1.94. The van der Waals surface area contributed by atoms with Gasteiger partial charge in [-0.25, -0.2) is 0 Å². The first-order valence-corrected chi connectivity index (χ1v) is 7.36. The van der Waals surface area contributed by atoms with Crippen molar-refractivity contribution in [2.75, 3.05) is 5.32 Å². The number of carbonyl (C=O) groups excluding carboxylic acids is 1. The van der Waals surface area contributed by atoms with Gasteiger partial charge in [-0.15, -0.1) is 0 Å². The Kier molecular flexibility index (Phi) is 3.71. The molecule has 0 spiro atoms. The molecule has 0 saturated carbocycles. The lowest BCUT2D eigenvalue weighted by atomic mass is 10.1. The number of rotatable bonds is 2. The first-order chi connectivity index (χ1) is 10.1. The number of hydrogen-bond donors (Lipinski definition) is 1. The summed E-state index contributed by atoms with van der Waals surface area (Å²) in [5.41, 5.74) is 3.30. The van der Waals surface area contributed by atoms with Gasteiger partial charge in [-0.2, -0.15) is 0 Å². The van der Waals surface area contributed by atoms with Crippen molar-refractivity contribution >= 4 is 38.4 Å². The average molecular weight is 341 g/mol. The SMILES string of the molecule is Cc1cc(C(=O)Nc2cccc3ncccc23)ccc1Br. The number of hydrogen-bond acceptors (Lipinski definition) is 2. The lowest BCUT2D eigenvalue weighted by Crippen LogP contribution is -2.12. The summed E-state index contributed by atoms with van der Waals surface area (Å²) in [6, 6.07) is 15.1. The van der Waals surface area contributed by atoms with E-state index in [-0.39, 0.29) is 5.91 Å². The molecule has 2 aromatic carbocycles. The van der Waals surface area contributed by atoms with Crippen LogP contribution in [0.1, 0.15) is 15.9 Å². The maximum absolute atomic E-state index is 12.4. The van der Waals surface area contributed by atoms with Gasteiger partial charge in [0.1, 0.15) is 0 Å². The molecule has 1 heterocycles. The quantitative estimate of drug-likeness (QED) is 0.743. The molecule has 0 aliphatic carbocycles. The van der Waals surface area contributed by atoms with Crippen LogP contribution in [-0.4, -0.2) is 10.9 Å². The molecule has 3 rings (SSSR count). The Morgan fingerprint density at radius 1 is 1.14 bits per heavy atom. The summed E-state index contributed by atoms with van der Waals surface area (Å²) in [4.78, 5) is 16.7. The number of anilines is 1. The number of amides is 1. The van der Waals surface area contributed by atoms with Crippen molar-refractivity contribution in [1.29, 1.82) is 0 Å². The van der Waals surface area contributed by atoms with Crippen LogP contribution < -0.4 is 5.32 Å². The van der Waals surface area contributed by atoms with E-state index < -0.39 is 0 Å². The van der Waals surface area contributed by atoms with E-state index in [2.05, 4.69) is 26.2 Å². The zero-order valence-electron chi connectivity index (χ0n) is 11.4. The molecule has 0 aliphatic rings. The van der Waals surface area contributed by atoms with Crippen LogP contribution in [0, 0.1) is 6.92 Å².